The summed E-state index contributed by atoms with van der Waals surface area (Å²) in [6.07, 6.45) is 1.17. The Bertz CT molecular complexity index is 505. The van der Waals surface area contributed by atoms with Crippen LogP contribution in [-0.2, 0) is 11.2 Å². The average Bonchev–Trinajstić information content (AvgIpc) is 2.50. The lowest BCUT2D eigenvalue weighted by molar-refractivity contribution is -0.137. The van der Waals surface area contributed by atoms with Crippen molar-refractivity contribution in [1.29, 1.82) is 0 Å². The molecule has 0 bridgehead atoms. The summed E-state index contributed by atoms with van der Waals surface area (Å²) in [6, 6.07) is 7.52. The van der Waals surface area contributed by atoms with Crippen LogP contribution in [-0.4, -0.2) is 48.8 Å². The molecule has 2 amide bonds. The summed E-state index contributed by atoms with van der Waals surface area (Å²) in [4.78, 5) is 24.0. The van der Waals surface area contributed by atoms with Crippen molar-refractivity contribution in [2.45, 2.75) is 32.2 Å². The number of hydrogen-bond acceptors (Lipinski definition) is 3. The smallest absolute Gasteiger partial charge is 0.317 e. The Morgan fingerprint density at radius 1 is 1.36 bits per heavy atom. The number of carboxylic acid groups (broad SMARTS) is 1. The first-order valence-corrected chi connectivity index (χ1v) is 7.30. The van der Waals surface area contributed by atoms with Gasteiger partial charge in [0.15, 0.2) is 0 Å². The molecule has 1 aromatic carbocycles. The number of carboxylic acids is 1. The van der Waals surface area contributed by atoms with Crippen LogP contribution in [0.1, 0.15) is 25.3 Å². The predicted octanol–water partition coefficient (Wildman–Crippen LogP) is 2.13. The number of amides is 2. The van der Waals surface area contributed by atoms with Gasteiger partial charge in [0.1, 0.15) is 5.75 Å². The topological polar surface area (TPSA) is 78.9 Å². The van der Waals surface area contributed by atoms with Gasteiger partial charge in [0.25, 0.3) is 0 Å². The van der Waals surface area contributed by atoms with E-state index in [0.29, 0.717) is 19.4 Å². The number of ether oxygens (including phenoxy) is 1. The van der Waals surface area contributed by atoms with Crippen LogP contribution < -0.4 is 10.1 Å². The van der Waals surface area contributed by atoms with Crippen molar-refractivity contribution in [3.63, 3.8) is 0 Å². The Labute approximate surface area is 131 Å². The third-order valence-corrected chi connectivity index (χ3v) is 3.53. The molecule has 0 heterocycles. The number of carbonyl (C=O) groups excluding carboxylic acids is 1. The highest BCUT2D eigenvalue weighted by Gasteiger charge is 2.17. The van der Waals surface area contributed by atoms with Gasteiger partial charge < -0.3 is 20.1 Å². The van der Waals surface area contributed by atoms with Crippen molar-refractivity contribution in [3.8, 4) is 5.75 Å². The molecule has 1 aromatic rings. The zero-order valence-electron chi connectivity index (χ0n) is 13.3. The van der Waals surface area contributed by atoms with Gasteiger partial charge in [-0.15, -0.1) is 0 Å². The van der Waals surface area contributed by atoms with Crippen LogP contribution in [0.2, 0.25) is 0 Å². The van der Waals surface area contributed by atoms with E-state index in [-0.39, 0.29) is 18.5 Å². The van der Waals surface area contributed by atoms with E-state index in [1.807, 2.05) is 31.2 Å². The molecule has 1 atom stereocenters. The molecule has 0 fully saturated rings. The van der Waals surface area contributed by atoms with Gasteiger partial charge in [-0.25, -0.2) is 4.79 Å². The van der Waals surface area contributed by atoms with E-state index in [2.05, 4.69) is 5.32 Å². The number of nitrogens with one attached hydrogen (secondary N) is 1. The van der Waals surface area contributed by atoms with Gasteiger partial charge >= 0.3 is 12.0 Å². The maximum atomic E-state index is 12.0. The van der Waals surface area contributed by atoms with Gasteiger partial charge in [-0.1, -0.05) is 18.2 Å². The average molecular weight is 308 g/mol. The van der Waals surface area contributed by atoms with E-state index in [1.165, 1.54) is 0 Å². The molecule has 22 heavy (non-hydrogen) atoms. The molecule has 0 saturated carbocycles. The van der Waals surface area contributed by atoms with Crippen LogP contribution >= 0.6 is 0 Å². The SMILES string of the molecule is COc1ccccc1CC(C)N(C)C(=O)NCCCC(=O)O. The molecule has 1 unspecified atom stereocenters. The highest BCUT2D eigenvalue weighted by atomic mass is 16.5. The number of hydrogen-bond donors (Lipinski definition) is 2. The second kappa shape index (κ2) is 8.92. The summed E-state index contributed by atoms with van der Waals surface area (Å²) in [5.74, 6) is -0.0447. The van der Waals surface area contributed by atoms with E-state index in [0.717, 1.165) is 11.3 Å². The normalized spacial score (nSPS) is 11.6. The van der Waals surface area contributed by atoms with Gasteiger partial charge in [0, 0.05) is 26.1 Å². The molecule has 1 rings (SSSR count). The Kier molecular flexibility index (Phi) is 7.22. The first-order valence-electron chi connectivity index (χ1n) is 7.30. The third kappa shape index (κ3) is 5.63. The lowest BCUT2D eigenvalue weighted by Gasteiger charge is -2.26. The minimum absolute atomic E-state index is 0.00391. The molecule has 0 aliphatic heterocycles. The van der Waals surface area contributed by atoms with E-state index < -0.39 is 5.97 Å². The van der Waals surface area contributed by atoms with Crippen LogP contribution in [0.25, 0.3) is 0 Å². The number of para-hydroxylation sites is 1. The minimum atomic E-state index is -0.854. The Morgan fingerprint density at radius 2 is 2.05 bits per heavy atom. The first-order chi connectivity index (χ1) is 10.5. The number of rotatable bonds is 8. The van der Waals surface area contributed by atoms with Crippen molar-refractivity contribution >= 4 is 12.0 Å². The summed E-state index contributed by atoms with van der Waals surface area (Å²) in [5.41, 5.74) is 1.04. The fraction of sp³-hybridized carbons (Fsp3) is 0.500. The van der Waals surface area contributed by atoms with Gasteiger partial charge in [-0.3, -0.25) is 4.79 Å². The summed E-state index contributed by atoms with van der Waals surface area (Å²) in [7, 11) is 3.36. The second-order valence-corrected chi connectivity index (χ2v) is 5.21. The molecule has 6 heteroatoms. The van der Waals surface area contributed by atoms with Crippen molar-refractivity contribution in [2.75, 3.05) is 20.7 Å². The summed E-state index contributed by atoms with van der Waals surface area (Å²) in [5, 5.41) is 11.3. The quantitative estimate of drug-likeness (QED) is 0.721. The van der Waals surface area contributed by atoms with Crippen LogP contribution in [0, 0.1) is 0 Å². The molecule has 6 nitrogen and oxygen atoms in total. The van der Waals surface area contributed by atoms with Gasteiger partial charge in [0.2, 0.25) is 0 Å². The summed E-state index contributed by atoms with van der Waals surface area (Å²) < 4.78 is 5.31. The monoisotopic (exact) mass is 308 g/mol. The molecular formula is C16H24N2O4. The molecule has 0 spiro atoms. The highest BCUT2D eigenvalue weighted by molar-refractivity contribution is 5.74. The maximum Gasteiger partial charge on any atom is 0.317 e. The number of urea groups is 1. The molecule has 0 aromatic heterocycles. The third-order valence-electron chi connectivity index (χ3n) is 3.53. The van der Waals surface area contributed by atoms with Crippen LogP contribution in [0.15, 0.2) is 24.3 Å². The number of benzene rings is 1. The van der Waals surface area contributed by atoms with E-state index >= 15 is 0 Å². The Balaban J connectivity index is 2.48. The molecule has 122 valence electrons. The highest BCUT2D eigenvalue weighted by Crippen LogP contribution is 2.20. The van der Waals surface area contributed by atoms with Crippen molar-refractivity contribution < 1.29 is 19.4 Å². The van der Waals surface area contributed by atoms with Crippen molar-refractivity contribution in [2.24, 2.45) is 0 Å². The number of methoxy groups -OCH3 is 1. The number of nitrogens with zero attached hydrogens (tertiary/aromatic N) is 1. The van der Waals surface area contributed by atoms with E-state index in [1.54, 1.807) is 19.1 Å². The van der Waals surface area contributed by atoms with E-state index in [9.17, 15) is 9.59 Å². The van der Waals surface area contributed by atoms with Gasteiger partial charge in [0.05, 0.1) is 7.11 Å². The molecule has 0 aliphatic carbocycles. The number of likely N-dealkylation sites (N-methyl/N-ethyl adjacent to an activating group) is 1. The molecular weight excluding hydrogens is 284 g/mol. The first kappa shape index (κ1) is 17.8. The fourth-order valence-electron chi connectivity index (χ4n) is 2.09. The van der Waals surface area contributed by atoms with Crippen LogP contribution in [0.4, 0.5) is 4.79 Å². The largest absolute Gasteiger partial charge is 0.496 e. The van der Waals surface area contributed by atoms with Crippen molar-refractivity contribution in [1.82, 2.24) is 10.2 Å². The molecule has 0 radical (unpaired) electrons. The molecule has 0 saturated heterocycles. The predicted molar refractivity (Wildman–Crippen MR) is 84.2 cm³/mol. The standard InChI is InChI=1S/C16H24N2O4/c1-12(11-13-7-4-5-8-14(13)22-3)18(2)16(21)17-10-6-9-15(19)20/h4-5,7-8,12H,6,9-11H2,1-3H3,(H,17,21)(H,19,20). The molecule has 2 N–H and O–H groups in total. The summed E-state index contributed by atoms with van der Waals surface area (Å²) in [6.45, 7) is 2.32. The van der Waals surface area contributed by atoms with Crippen LogP contribution in [0.5, 0.6) is 5.75 Å². The Hall–Kier alpha value is -2.24. The lowest BCUT2D eigenvalue weighted by atomic mass is 10.1. The summed E-state index contributed by atoms with van der Waals surface area (Å²) >= 11 is 0. The molecule has 0 aliphatic rings. The van der Waals surface area contributed by atoms with Crippen LogP contribution in [0.3, 0.4) is 0 Å². The van der Waals surface area contributed by atoms with E-state index in [4.69, 9.17) is 9.84 Å². The number of aliphatic carboxylic acids is 1. The lowest BCUT2D eigenvalue weighted by Crippen LogP contribution is -2.43. The maximum absolute atomic E-state index is 12.0. The Morgan fingerprint density at radius 3 is 2.68 bits per heavy atom. The minimum Gasteiger partial charge on any atom is -0.496 e. The van der Waals surface area contributed by atoms with Crippen molar-refractivity contribution in [3.05, 3.63) is 29.8 Å². The van der Waals surface area contributed by atoms with Gasteiger partial charge in [-0.2, -0.15) is 0 Å². The zero-order valence-corrected chi connectivity index (χ0v) is 13.3. The fourth-order valence-corrected chi connectivity index (χ4v) is 2.09. The zero-order chi connectivity index (χ0) is 16.5. The second-order valence-electron chi connectivity index (χ2n) is 5.21. The van der Waals surface area contributed by atoms with Gasteiger partial charge in [-0.05, 0) is 31.4 Å². The number of carbonyl (C=O) groups is 2.